The van der Waals surface area contributed by atoms with Gasteiger partial charge in [0, 0.05) is 12.0 Å². The number of hydrogen-bond donors (Lipinski definition) is 1. The van der Waals surface area contributed by atoms with Crippen molar-refractivity contribution in [2.24, 2.45) is 0 Å². The van der Waals surface area contributed by atoms with Gasteiger partial charge in [-0.15, -0.1) is 0 Å². The highest BCUT2D eigenvalue weighted by molar-refractivity contribution is 5.36. The molecule has 0 spiro atoms. The van der Waals surface area contributed by atoms with Gasteiger partial charge in [0.15, 0.2) is 0 Å². The lowest BCUT2D eigenvalue weighted by Crippen LogP contribution is -2.44. The predicted molar refractivity (Wildman–Crippen MR) is 76.6 cm³/mol. The van der Waals surface area contributed by atoms with Crippen molar-refractivity contribution < 1.29 is 0 Å². The van der Waals surface area contributed by atoms with E-state index in [-0.39, 0.29) is 5.41 Å². The summed E-state index contributed by atoms with van der Waals surface area (Å²) in [6.07, 6.45) is 0. The van der Waals surface area contributed by atoms with Crippen LogP contribution in [0.1, 0.15) is 44.4 Å². The van der Waals surface area contributed by atoms with E-state index in [0.29, 0.717) is 0 Å². The Morgan fingerprint density at radius 2 is 1.78 bits per heavy atom. The lowest BCUT2D eigenvalue weighted by Gasteiger charge is -2.31. The molecule has 0 atom stereocenters. The number of hydrogen-bond acceptors (Lipinski definition) is 2. The molecule has 18 heavy (non-hydrogen) atoms. The zero-order valence-electron chi connectivity index (χ0n) is 12.4. The van der Waals surface area contributed by atoms with Gasteiger partial charge >= 0.3 is 0 Å². The Bertz CT molecular complexity index is 464. The molecule has 0 aromatic heterocycles. The molecule has 0 unspecified atom stereocenters. The van der Waals surface area contributed by atoms with Crippen LogP contribution in [0.3, 0.4) is 0 Å². The fourth-order valence-electron chi connectivity index (χ4n) is 2.04. The van der Waals surface area contributed by atoms with Gasteiger partial charge in [0.05, 0.1) is 6.07 Å². The highest BCUT2D eigenvalue weighted by Gasteiger charge is 2.26. The summed E-state index contributed by atoms with van der Waals surface area (Å²) in [5.74, 6) is 0. The second kappa shape index (κ2) is 5.12. The Morgan fingerprint density at radius 1 is 1.17 bits per heavy atom. The van der Waals surface area contributed by atoms with Gasteiger partial charge in [-0.2, -0.15) is 5.26 Å². The largest absolute Gasteiger partial charge is 0.299 e. The van der Waals surface area contributed by atoms with Crippen LogP contribution in [0.4, 0.5) is 0 Å². The van der Waals surface area contributed by atoms with E-state index in [1.807, 2.05) is 13.8 Å². The van der Waals surface area contributed by atoms with Crippen molar-refractivity contribution in [2.75, 3.05) is 6.54 Å². The summed E-state index contributed by atoms with van der Waals surface area (Å²) in [7, 11) is 0. The highest BCUT2D eigenvalue weighted by atomic mass is 15.0. The molecule has 0 aliphatic rings. The fraction of sp³-hybridized carbons (Fsp3) is 0.562. The molecule has 1 aromatic carbocycles. The number of aryl methyl sites for hydroxylation is 2. The van der Waals surface area contributed by atoms with Crippen molar-refractivity contribution in [1.82, 2.24) is 5.32 Å². The molecule has 0 amide bonds. The number of rotatable bonds is 4. The molecule has 98 valence electrons. The van der Waals surface area contributed by atoms with Crippen molar-refractivity contribution in [3.8, 4) is 6.07 Å². The minimum Gasteiger partial charge on any atom is -0.299 e. The fourth-order valence-corrected chi connectivity index (χ4v) is 2.04. The third kappa shape index (κ3) is 3.58. The molecular weight excluding hydrogens is 220 g/mol. The Balaban J connectivity index is 2.93. The summed E-state index contributed by atoms with van der Waals surface area (Å²) in [6.45, 7) is 13.3. The average molecular weight is 244 g/mol. The quantitative estimate of drug-likeness (QED) is 0.880. The normalized spacial score (nSPS) is 12.3. The monoisotopic (exact) mass is 244 g/mol. The van der Waals surface area contributed by atoms with Crippen molar-refractivity contribution in [3.05, 3.63) is 34.9 Å². The van der Waals surface area contributed by atoms with E-state index < -0.39 is 5.54 Å². The van der Waals surface area contributed by atoms with Gasteiger partial charge in [0.2, 0.25) is 0 Å². The minimum absolute atomic E-state index is 0.0181. The number of nitrogens with zero attached hydrogens (tertiary/aromatic N) is 1. The average Bonchev–Trinajstić information content (AvgIpc) is 2.30. The molecule has 2 heteroatoms. The molecule has 1 aromatic rings. The number of nitriles is 1. The second-order valence-corrected chi connectivity index (χ2v) is 6.29. The maximum Gasteiger partial charge on any atom is 0.101 e. The SMILES string of the molecule is Cc1ccc(C)c(C(C)(C)CNC(C)(C)C#N)c1. The van der Waals surface area contributed by atoms with Crippen LogP contribution in [0.2, 0.25) is 0 Å². The molecule has 1 N–H and O–H groups in total. The third-order valence-electron chi connectivity index (χ3n) is 3.37. The van der Waals surface area contributed by atoms with Crippen LogP contribution >= 0.6 is 0 Å². The first-order valence-electron chi connectivity index (χ1n) is 6.42. The van der Waals surface area contributed by atoms with Gasteiger partial charge in [0.25, 0.3) is 0 Å². The first kappa shape index (κ1) is 14.7. The van der Waals surface area contributed by atoms with Crippen LogP contribution in [0, 0.1) is 25.2 Å². The van der Waals surface area contributed by atoms with Crippen molar-refractivity contribution in [2.45, 2.75) is 52.5 Å². The molecule has 0 aliphatic heterocycles. The van der Waals surface area contributed by atoms with Gasteiger partial charge in [-0.1, -0.05) is 37.6 Å². The molecule has 0 heterocycles. The molecule has 0 radical (unpaired) electrons. The van der Waals surface area contributed by atoms with E-state index in [1.165, 1.54) is 16.7 Å². The summed E-state index contributed by atoms with van der Waals surface area (Å²) in [6, 6.07) is 8.84. The summed E-state index contributed by atoms with van der Waals surface area (Å²) < 4.78 is 0. The first-order valence-corrected chi connectivity index (χ1v) is 6.42. The van der Waals surface area contributed by atoms with Gasteiger partial charge < -0.3 is 0 Å². The smallest absolute Gasteiger partial charge is 0.101 e. The third-order valence-corrected chi connectivity index (χ3v) is 3.37. The Kier molecular flexibility index (Phi) is 4.19. The van der Waals surface area contributed by atoms with Crippen LogP contribution < -0.4 is 5.32 Å². The lowest BCUT2D eigenvalue weighted by molar-refractivity contribution is 0.396. The van der Waals surface area contributed by atoms with Crippen LogP contribution in [0.5, 0.6) is 0 Å². The van der Waals surface area contributed by atoms with Gasteiger partial charge in [-0.05, 0) is 38.8 Å². The van der Waals surface area contributed by atoms with E-state index in [4.69, 9.17) is 5.26 Å². The molecule has 0 bridgehead atoms. The maximum atomic E-state index is 9.05. The molecular formula is C16H24N2. The number of benzene rings is 1. The predicted octanol–water partition coefficient (Wildman–Crippen LogP) is 3.47. The molecule has 2 nitrogen and oxygen atoms in total. The van der Waals surface area contributed by atoms with E-state index in [0.717, 1.165) is 6.54 Å². The minimum atomic E-state index is -0.477. The molecule has 0 fully saturated rings. The molecule has 0 saturated carbocycles. The summed E-state index contributed by atoms with van der Waals surface area (Å²) in [5.41, 5.74) is 3.48. The zero-order chi connectivity index (χ0) is 14.0. The van der Waals surface area contributed by atoms with Crippen LogP contribution in [-0.2, 0) is 5.41 Å². The first-order chi connectivity index (χ1) is 8.18. The Morgan fingerprint density at radius 3 is 2.33 bits per heavy atom. The van der Waals surface area contributed by atoms with Crippen molar-refractivity contribution in [3.63, 3.8) is 0 Å². The number of nitrogens with one attached hydrogen (secondary N) is 1. The van der Waals surface area contributed by atoms with E-state index in [9.17, 15) is 0 Å². The second-order valence-electron chi connectivity index (χ2n) is 6.29. The van der Waals surface area contributed by atoms with Crippen LogP contribution in [0.25, 0.3) is 0 Å². The zero-order valence-corrected chi connectivity index (χ0v) is 12.4. The van der Waals surface area contributed by atoms with Gasteiger partial charge in [-0.25, -0.2) is 0 Å². The summed E-state index contributed by atoms with van der Waals surface area (Å²) >= 11 is 0. The maximum absolute atomic E-state index is 9.05. The standard InChI is InChI=1S/C16H24N2/c1-12-7-8-13(2)14(9-12)15(3,4)11-18-16(5,6)10-17/h7-9,18H,11H2,1-6H3. The van der Waals surface area contributed by atoms with Crippen LogP contribution in [0.15, 0.2) is 18.2 Å². The van der Waals surface area contributed by atoms with Crippen LogP contribution in [-0.4, -0.2) is 12.1 Å². The van der Waals surface area contributed by atoms with Gasteiger partial charge in [-0.3, -0.25) is 5.32 Å². The van der Waals surface area contributed by atoms with Crippen molar-refractivity contribution in [1.29, 1.82) is 5.26 Å². The van der Waals surface area contributed by atoms with Crippen molar-refractivity contribution >= 4 is 0 Å². The molecule has 0 saturated heterocycles. The highest BCUT2D eigenvalue weighted by Crippen LogP contribution is 2.27. The summed E-state index contributed by atoms with van der Waals surface area (Å²) in [5, 5.41) is 12.4. The molecule has 1 rings (SSSR count). The topological polar surface area (TPSA) is 35.8 Å². The summed E-state index contributed by atoms with van der Waals surface area (Å²) in [4.78, 5) is 0. The van der Waals surface area contributed by atoms with Gasteiger partial charge in [0.1, 0.15) is 5.54 Å². The van der Waals surface area contributed by atoms with E-state index in [1.54, 1.807) is 0 Å². The Hall–Kier alpha value is -1.33. The Labute approximate surface area is 111 Å². The van der Waals surface area contributed by atoms with E-state index in [2.05, 4.69) is 57.3 Å². The van der Waals surface area contributed by atoms with E-state index >= 15 is 0 Å². The lowest BCUT2D eigenvalue weighted by atomic mass is 9.80. The molecule has 0 aliphatic carbocycles.